The van der Waals surface area contributed by atoms with Crippen LogP contribution in [0.25, 0.3) is 88.4 Å². The van der Waals surface area contributed by atoms with Gasteiger partial charge in [-0.05, 0) is 173 Å². The summed E-state index contributed by atoms with van der Waals surface area (Å²) in [5.74, 6) is 0. The highest BCUT2D eigenvalue weighted by molar-refractivity contribution is 6.13. The van der Waals surface area contributed by atoms with Gasteiger partial charge in [-0.3, -0.25) is 0 Å². The monoisotopic (exact) mass is 1000 g/mol. The zero-order valence-electron chi connectivity index (χ0n) is 47.2. The van der Waals surface area contributed by atoms with E-state index in [-0.39, 0.29) is 32.5 Å². The van der Waals surface area contributed by atoms with Gasteiger partial charge in [0.2, 0.25) is 0 Å². The lowest BCUT2D eigenvalue weighted by Gasteiger charge is -2.33. The van der Waals surface area contributed by atoms with Gasteiger partial charge in [0, 0.05) is 71.4 Å². The molecule has 0 unspecified atom stereocenters. The Bertz CT molecular complexity index is 4190. The first-order valence-electron chi connectivity index (χ1n) is 28.0. The molecule has 4 aliphatic carbocycles. The molecule has 0 aliphatic heterocycles. The van der Waals surface area contributed by atoms with Crippen LogP contribution in [0.4, 0.5) is 17.1 Å². The zero-order chi connectivity index (χ0) is 53.4. The smallest absolute Gasteiger partial charge is 0.143 e. The Labute approximate surface area is 453 Å². The summed E-state index contributed by atoms with van der Waals surface area (Å²) in [6.07, 6.45) is 0. The van der Waals surface area contributed by atoms with Crippen molar-refractivity contribution in [3.8, 4) is 44.5 Å². The molecule has 11 aromatic rings. The molecule has 0 N–H and O–H groups in total. The van der Waals surface area contributed by atoms with Gasteiger partial charge in [0.25, 0.3) is 0 Å². The van der Waals surface area contributed by atoms with E-state index in [1.165, 1.54) is 139 Å². The van der Waals surface area contributed by atoms with Crippen molar-refractivity contribution in [2.24, 2.45) is 0 Å². The molecule has 3 nitrogen and oxygen atoms in total. The summed E-state index contributed by atoms with van der Waals surface area (Å²) in [6, 6.07) is 58.4. The van der Waals surface area contributed by atoms with Gasteiger partial charge >= 0.3 is 0 Å². The third-order valence-electron chi connectivity index (χ3n) is 19.3. The highest BCUT2D eigenvalue weighted by Crippen LogP contribution is 2.61. The van der Waals surface area contributed by atoms with Crippen LogP contribution in [0.3, 0.4) is 0 Å². The zero-order valence-corrected chi connectivity index (χ0v) is 47.2. The summed E-state index contributed by atoms with van der Waals surface area (Å²) < 4.78 is 13.6. The minimum absolute atomic E-state index is 0.0632. The van der Waals surface area contributed by atoms with Gasteiger partial charge in [-0.15, -0.1) is 0 Å². The summed E-state index contributed by atoms with van der Waals surface area (Å²) in [6.45, 7) is 33.4. The molecule has 0 saturated carbocycles. The van der Waals surface area contributed by atoms with Crippen molar-refractivity contribution in [1.82, 2.24) is 0 Å². The molecule has 0 amide bonds. The molecule has 0 atom stereocenters. The van der Waals surface area contributed by atoms with Crippen molar-refractivity contribution in [2.75, 3.05) is 4.90 Å². The number of para-hydroxylation sites is 2. The van der Waals surface area contributed by atoms with Gasteiger partial charge < -0.3 is 13.7 Å². The molecular formula is C74H67NO2. The van der Waals surface area contributed by atoms with Crippen LogP contribution in [-0.2, 0) is 32.5 Å². The van der Waals surface area contributed by atoms with Crippen LogP contribution in [0.5, 0.6) is 0 Å². The van der Waals surface area contributed by atoms with E-state index in [0.717, 1.165) is 22.3 Å². The number of rotatable bonds is 3. The molecular weight excluding hydrogens is 935 g/mol. The average molecular weight is 1000 g/mol. The predicted molar refractivity (Wildman–Crippen MR) is 323 cm³/mol. The second-order valence-electron chi connectivity index (χ2n) is 27.4. The number of furan rings is 2. The first-order chi connectivity index (χ1) is 36.4. The maximum Gasteiger partial charge on any atom is 0.143 e. The molecule has 0 saturated heterocycles. The first kappa shape index (κ1) is 46.7. The molecule has 2 aromatic heterocycles. The maximum atomic E-state index is 6.78. The Morgan fingerprint density at radius 1 is 0.312 bits per heavy atom. The Morgan fingerprint density at radius 3 is 1.09 bits per heavy atom. The topological polar surface area (TPSA) is 29.5 Å². The lowest BCUT2D eigenvalue weighted by molar-refractivity contribution is 0.569. The van der Waals surface area contributed by atoms with Crippen molar-refractivity contribution < 1.29 is 8.83 Å². The van der Waals surface area contributed by atoms with Crippen LogP contribution in [0.1, 0.15) is 153 Å². The van der Waals surface area contributed by atoms with Crippen molar-refractivity contribution in [2.45, 2.75) is 129 Å². The van der Waals surface area contributed by atoms with E-state index in [0.29, 0.717) is 0 Å². The van der Waals surface area contributed by atoms with E-state index in [1.807, 2.05) is 0 Å². The molecule has 9 aromatic carbocycles. The van der Waals surface area contributed by atoms with Crippen molar-refractivity contribution in [1.29, 1.82) is 0 Å². The van der Waals surface area contributed by atoms with E-state index in [4.69, 9.17) is 8.83 Å². The SMILES string of the molecule is CC(C)(C)c1cc(N(c2ccc3c(c2)C(C)(C)c2cc4c(cc2-3)C(C)(C)c2ccc3c(oc5ccccc53)c2-4)c2ccc3c(c2)C(C)(C)c2cc4c(cc2-3)C(C)(C)c2ccc3c(oc5ccccc53)c2-4)cc(C(C)(C)C)c1. The number of anilines is 3. The molecule has 380 valence electrons. The van der Waals surface area contributed by atoms with Crippen LogP contribution in [0, 0.1) is 0 Å². The molecule has 3 heteroatoms. The van der Waals surface area contributed by atoms with Gasteiger partial charge in [0.1, 0.15) is 22.3 Å². The molecule has 0 fully saturated rings. The molecule has 77 heavy (non-hydrogen) atoms. The minimum Gasteiger partial charge on any atom is -0.455 e. The fraction of sp³-hybridized carbons (Fsp3) is 0.270. The molecule has 15 rings (SSSR count). The quantitative estimate of drug-likeness (QED) is 0.177. The third kappa shape index (κ3) is 6.09. The minimum atomic E-state index is -0.276. The summed E-state index contributed by atoms with van der Waals surface area (Å²) in [7, 11) is 0. The van der Waals surface area contributed by atoms with Crippen molar-refractivity contribution in [3.63, 3.8) is 0 Å². The highest BCUT2D eigenvalue weighted by Gasteiger charge is 2.46. The van der Waals surface area contributed by atoms with Crippen LogP contribution < -0.4 is 4.90 Å². The molecule has 2 heterocycles. The number of fused-ring (bicyclic) bond motifs is 20. The third-order valence-corrected chi connectivity index (χ3v) is 19.3. The predicted octanol–water partition coefficient (Wildman–Crippen LogP) is 20.8. The summed E-state index contributed by atoms with van der Waals surface area (Å²) in [4.78, 5) is 2.57. The number of nitrogens with zero attached hydrogens (tertiary/aromatic N) is 1. The second-order valence-corrected chi connectivity index (χ2v) is 27.4. The first-order valence-corrected chi connectivity index (χ1v) is 28.0. The average Bonchev–Trinajstić information content (AvgIpc) is 3.99. The maximum absolute atomic E-state index is 6.78. The molecule has 4 aliphatic rings. The fourth-order valence-electron chi connectivity index (χ4n) is 14.8. The van der Waals surface area contributed by atoms with Crippen molar-refractivity contribution in [3.05, 3.63) is 207 Å². The second kappa shape index (κ2) is 14.7. The van der Waals surface area contributed by atoms with Crippen LogP contribution in [-0.4, -0.2) is 0 Å². The Morgan fingerprint density at radius 2 is 0.675 bits per heavy atom. The molecule has 0 bridgehead atoms. The summed E-state index contributed by atoms with van der Waals surface area (Å²) >= 11 is 0. The molecule has 0 radical (unpaired) electrons. The number of hydrogen-bond acceptors (Lipinski definition) is 3. The lowest BCUT2D eigenvalue weighted by Crippen LogP contribution is -2.20. The Hall–Kier alpha value is -7.62. The van der Waals surface area contributed by atoms with Gasteiger partial charge in [-0.2, -0.15) is 0 Å². The summed E-state index contributed by atoms with van der Waals surface area (Å²) in [5, 5.41) is 4.71. The van der Waals surface area contributed by atoms with E-state index in [2.05, 4.69) is 253 Å². The standard InChI is InChI=1S/C74H67NO2/c1-69(2,3)40-31-41(70(4,5)6)33-44(32-40)75(42-23-25-45-51-36-61-53(38-59(51)73(11,12)57(45)34-42)65-55(71(61,7)8)29-27-49-47-19-15-17-21-63(47)76-67(49)65)43-24-26-46-52-37-62-54(39-60(52)74(13,14)58(46)35-43)66-56(72(62,9)10)30-28-50-48-20-16-18-22-64(48)77-68(50)66/h15-39H,1-14H3. The molecule has 0 spiro atoms. The Kier molecular flexibility index (Phi) is 8.90. The summed E-state index contributed by atoms with van der Waals surface area (Å²) in [5.41, 5.74) is 30.2. The van der Waals surface area contributed by atoms with Gasteiger partial charge in [-0.1, -0.05) is 176 Å². The van der Waals surface area contributed by atoms with Gasteiger partial charge in [0.05, 0.1) is 0 Å². The van der Waals surface area contributed by atoms with E-state index >= 15 is 0 Å². The van der Waals surface area contributed by atoms with E-state index in [9.17, 15) is 0 Å². The largest absolute Gasteiger partial charge is 0.455 e. The normalized spacial score (nSPS) is 16.6. The number of benzene rings is 9. The van der Waals surface area contributed by atoms with Gasteiger partial charge in [0.15, 0.2) is 0 Å². The van der Waals surface area contributed by atoms with E-state index < -0.39 is 0 Å². The van der Waals surface area contributed by atoms with Gasteiger partial charge in [-0.25, -0.2) is 0 Å². The van der Waals surface area contributed by atoms with Crippen molar-refractivity contribution >= 4 is 60.9 Å². The van der Waals surface area contributed by atoms with Crippen LogP contribution in [0.2, 0.25) is 0 Å². The van der Waals surface area contributed by atoms with Crippen LogP contribution >= 0.6 is 0 Å². The van der Waals surface area contributed by atoms with E-state index in [1.54, 1.807) is 0 Å². The Balaban J connectivity index is 0.896. The fourth-order valence-corrected chi connectivity index (χ4v) is 14.8. The van der Waals surface area contributed by atoms with Crippen LogP contribution in [0.15, 0.2) is 160 Å². The lowest BCUT2D eigenvalue weighted by atomic mass is 9.79. The highest BCUT2D eigenvalue weighted by atomic mass is 16.3. The number of hydrogen-bond donors (Lipinski definition) is 0.